The summed E-state index contributed by atoms with van der Waals surface area (Å²) in [7, 11) is -0.204. The molecule has 0 aromatic heterocycles. The van der Waals surface area contributed by atoms with Gasteiger partial charge in [0.15, 0.2) is 0 Å². The quantitative estimate of drug-likeness (QED) is 0.216. The molecule has 1 heterocycles. The molecule has 3 atom stereocenters. The second-order valence-electron chi connectivity index (χ2n) is 6.66. The Balaban J connectivity index is 2.14. The molecule has 1 aliphatic heterocycles. The van der Waals surface area contributed by atoms with Gasteiger partial charge in [-0.15, -0.1) is 0 Å². The van der Waals surface area contributed by atoms with Gasteiger partial charge in [-0.2, -0.15) is 0 Å². The number of rotatable bonds is 9. The molecule has 10 heteroatoms. The zero-order chi connectivity index (χ0) is 23.1. The first-order valence-electron chi connectivity index (χ1n) is 9.40. The van der Waals surface area contributed by atoms with Gasteiger partial charge in [-0.05, 0) is 44.0 Å². The first-order valence-corrected chi connectivity index (χ1v) is 11.6. The van der Waals surface area contributed by atoms with Crippen LogP contribution < -0.4 is 4.74 Å². The number of carbonyl (C=O) groups is 3. The molecule has 3 unspecified atom stereocenters. The summed E-state index contributed by atoms with van der Waals surface area (Å²) in [6, 6.07) is 7.01. The maximum absolute atomic E-state index is 12.8. The van der Waals surface area contributed by atoms with Crippen LogP contribution in [0, 0.1) is 0 Å². The van der Waals surface area contributed by atoms with Crippen molar-refractivity contribution < 1.29 is 32.8 Å². The minimum atomic E-state index is -1.76. The van der Waals surface area contributed by atoms with E-state index in [0.717, 1.165) is 21.9 Å². The lowest BCUT2D eigenvalue weighted by Crippen LogP contribution is -2.63. The molecule has 31 heavy (non-hydrogen) atoms. The monoisotopic (exact) mass is 513 g/mol. The van der Waals surface area contributed by atoms with Gasteiger partial charge in [0.1, 0.15) is 28.3 Å². The van der Waals surface area contributed by atoms with E-state index >= 15 is 0 Å². The van der Waals surface area contributed by atoms with Crippen molar-refractivity contribution in [2.24, 2.45) is 0 Å². The minimum Gasteiger partial charge on any atom is -0.497 e. The zero-order valence-electron chi connectivity index (χ0n) is 17.6. The van der Waals surface area contributed by atoms with Crippen LogP contribution >= 0.6 is 15.9 Å². The molecule has 0 spiro atoms. The number of carbonyl (C=O) groups excluding carboxylic acids is 3. The molecule has 0 N–H and O–H groups in total. The highest BCUT2D eigenvalue weighted by Crippen LogP contribution is 2.35. The lowest BCUT2D eigenvalue weighted by molar-refractivity contribution is -0.149. The number of hydrogen-bond acceptors (Lipinski definition) is 7. The third-order valence-corrected chi connectivity index (χ3v) is 6.88. The van der Waals surface area contributed by atoms with E-state index in [0.29, 0.717) is 11.3 Å². The van der Waals surface area contributed by atoms with Crippen molar-refractivity contribution in [3.05, 3.63) is 52.6 Å². The number of ether oxygens (including phenoxy) is 3. The fourth-order valence-electron chi connectivity index (χ4n) is 2.76. The summed E-state index contributed by atoms with van der Waals surface area (Å²) in [4.78, 5) is 37.1. The molecule has 0 aliphatic carbocycles. The molecule has 0 radical (unpaired) electrons. The Morgan fingerprint density at radius 2 is 1.84 bits per heavy atom. The van der Waals surface area contributed by atoms with Gasteiger partial charge in [0.25, 0.3) is 0 Å². The average molecular weight is 514 g/mol. The molecule has 1 amide bonds. The summed E-state index contributed by atoms with van der Waals surface area (Å²) in [5.74, 6) is -1.09. The van der Waals surface area contributed by atoms with Gasteiger partial charge in [0.05, 0.1) is 24.5 Å². The highest BCUT2D eigenvalue weighted by atomic mass is 79.9. The van der Waals surface area contributed by atoms with E-state index in [9.17, 15) is 18.6 Å². The van der Waals surface area contributed by atoms with Crippen molar-refractivity contribution in [3.8, 4) is 5.75 Å². The van der Waals surface area contributed by atoms with Crippen LogP contribution in [-0.4, -0.2) is 50.9 Å². The van der Waals surface area contributed by atoms with Gasteiger partial charge in [-0.3, -0.25) is 13.9 Å². The Labute approximate surface area is 191 Å². The van der Waals surface area contributed by atoms with Crippen molar-refractivity contribution in [1.82, 2.24) is 4.90 Å². The maximum Gasteiger partial charge on any atom is 0.355 e. The topological polar surface area (TPSA) is 99.2 Å². The molecule has 1 aromatic rings. The van der Waals surface area contributed by atoms with Crippen LogP contribution in [0.25, 0.3) is 0 Å². The van der Waals surface area contributed by atoms with Crippen LogP contribution in [0.2, 0.25) is 0 Å². The average Bonchev–Trinajstić information content (AvgIpc) is 2.75. The molecular weight excluding hydrogens is 490 g/mol. The van der Waals surface area contributed by atoms with Crippen molar-refractivity contribution in [1.29, 1.82) is 0 Å². The number of amides is 1. The fraction of sp³-hybridized carbons (Fsp3) is 0.381. The van der Waals surface area contributed by atoms with Gasteiger partial charge < -0.3 is 14.2 Å². The summed E-state index contributed by atoms with van der Waals surface area (Å²) in [5.41, 5.74) is 1.30. The second-order valence-corrected chi connectivity index (χ2v) is 9.06. The Hall–Kier alpha value is -2.46. The Bertz CT molecular complexity index is 922. The number of esters is 2. The Morgan fingerprint density at radius 1 is 1.19 bits per heavy atom. The normalized spacial score (nSPS) is 18.9. The maximum atomic E-state index is 12.8. The fourth-order valence-corrected chi connectivity index (χ4v) is 5.03. The van der Waals surface area contributed by atoms with E-state index in [4.69, 9.17) is 14.2 Å². The molecular formula is C21H24BrNO7S. The lowest BCUT2D eigenvalue weighted by atomic mass is 10.1. The minimum absolute atomic E-state index is 0.00407. The van der Waals surface area contributed by atoms with Crippen molar-refractivity contribution in [3.63, 3.8) is 0 Å². The van der Waals surface area contributed by atoms with Crippen LogP contribution in [0.3, 0.4) is 0 Å². The molecule has 0 bridgehead atoms. The molecule has 8 nitrogen and oxygen atoms in total. The summed E-state index contributed by atoms with van der Waals surface area (Å²) in [5, 5.41) is 0.290. The third-order valence-electron chi connectivity index (χ3n) is 4.28. The predicted octanol–water partition coefficient (Wildman–Crippen LogP) is 2.79. The van der Waals surface area contributed by atoms with E-state index in [1.807, 2.05) is 0 Å². The molecule has 0 saturated carbocycles. The summed E-state index contributed by atoms with van der Waals surface area (Å²) < 4.78 is 27.9. The standard InChI is InChI=1S/C21H24BrNO7S/c1-5-29-16(24)10-11-31(27)20-17(22)19(25)23(20)18(13(2)3)21(26)30-12-14-6-8-15(28-4)9-7-14/h6-11,17,20H,5,12H2,1-4H3. The van der Waals surface area contributed by atoms with E-state index in [1.165, 1.54) is 0 Å². The number of allylic oxidation sites excluding steroid dienone is 1. The number of hydrogen-bond donors (Lipinski definition) is 0. The summed E-state index contributed by atoms with van der Waals surface area (Å²) in [6.45, 7) is 5.16. The van der Waals surface area contributed by atoms with Crippen molar-refractivity contribution in [2.45, 2.75) is 37.6 Å². The molecule has 1 aromatic carbocycles. The van der Waals surface area contributed by atoms with Gasteiger partial charge in [0, 0.05) is 11.5 Å². The Kier molecular flexibility index (Phi) is 9.00. The van der Waals surface area contributed by atoms with E-state index < -0.39 is 38.8 Å². The first-order chi connectivity index (χ1) is 14.7. The number of benzene rings is 1. The van der Waals surface area contributed by atoms with Gasteiger partial charge in [-0.1, -0.05) is 28.1 Å². The van der Waals surface area contributed by atoms with Crippen molar-refractivity contribution >= 4 is 44.6 Å². The molecule has 168 valence electrons. The number of nitrogens with zero attached hydrogens (tertiary/aromatic N) is 1. The SMILES string of the molecule is CCOC(=O)C=CS(=O)C1C(Br)C(=O)N1C(C(=O)OCc1ccc(OC)cc1)=C(C)C. The van der Waals surface area contributed by atoms with Crippen LogP contribution in [0.5, 0.6) is 5.75 Å². The first kappa shape index (κ1) is 24.8. The van der Waals surface area contributed by atoms with Crippen LogP contribution in [0.15, 0.2) is 47.0 Å². The van der Waals surface area contributed by atoms with Gasteiger partial charge in [-0.25, -0.2) is 9.59 Å². The van der Waals surface area contributed by atoms with E-state index in [1.54, 1.807) is 52.1 Å². The van der Waals surface area contributed by atoms with Crippen LogP contribution in [0.4, 0.5) is 0 Å². The number of likely N-dealkylation sites (tertiary alicyclic amines) is 1. The van der Waals surface area contributed by atoms with Crippen molar-refractivity contribution in [2.75, 3.05) is 13.7 Å². The number of alkyl halides is 1. The number of methoxy groups -OCH3 is 1. The highest BCUT2D eigenvalue weighted by Gasteiger charge is 2.52. The summed E-state index contributed by atoms with van der Waals surface area (Å²) in [6.07, 6.45) is 1.05. The van der Waals surface area contributed by atoms with E-state index in [2.05, 4.69) is 15.9 Å². The van der Waals surface area contributed by atoms with E-state index in [-0.39, 0.29) is 18.9 Å². The molecule has 1 fully saturated rings. The zero-order valence-corrected chi connectivity index (χ0v) is 20.0. The molecule has 2 rings (SSSR count). The van der Waals surface area contributed by atoms with Gasteiger partial charge >= 0.3 is 11.9 Å². The summed E-state index contributed by atoms with van der Waals surface area (Å²) >= 11 is 3.21. The van der Waals surface area contributed by atoms with Crippen LogP contribution in [0.1, 0.15) is 26.3 Å². The second kappa shape index (κ2) is 11.2. The smallest absolute Gasteiger partial charge is 0.355 e. The third kappa shape index (κ3) is 6.04. The predicted molar refractivity (Wildman–Crippen MR) is 118 cm³/mol. The highest BCUT2D eigenvalue weighted by molar-refractivity contribution is 9.10. The van der Waals surface area contributed by atoms with Crippen LogP contribution in [-0.2, 0) is 41.3 Å². The molecule has 1 saturated heterocycles. The molecule has 1 aliphatic rings. The Morgan fingerprint density at radius 3 is 2.39 bits per heavy atom. The largest absolute Gasteiger partial charge is 0.497 e. The lowest BCUT2D eigenvalue weighted by Gasteiger charge is -2.43. The van der Waals surface area contributed by atoms with Gasteiger partial charge in [0.2, 0.25) is 5.91 Å². The number of halogens is 1. The number of β-lactam (4-membered cyclic amide) rings is 1.